The predicted octanol–water partition coefficient (Wildman–Crippen LogP) is 3.38. The molecule has 0 bridgehead atoms. The van der Waals surface area contributed by atoms with Gasteiger partial charge in [0, 0.05) is 12.5 Å². The third-order valence-electron chi connectivity index (χ3n) is 3.27. The molecule has 24 heavy (non-hydrogen) atoms. The van der Waals surface area contributed by atoms with Gasteiger partial charge in [0.2, 0.25) is 5.75 Å². The molecule has 0 saturated heterocycles. The summed E-state index contributed by atoms with van der Waals surface area (Å²) in [6, 6.07) is 11.3. The predicted molar refractivity (Wildman–Crippen MR) is 93.3 cm³/mol. The summed E-state index contributed by atoms with van der Waals surface area (Å²) in [7, 11) is 2.99. The molecule has 0 atom stereocenters. The highest BCUT2D eigenvalue weighted by molar-refractivity contribution is 5.84. The molecule has 0 aromatic heterocycles. The molecule has 0 aliphatic carbocycles. The van der Waals surface area contributed by atoms with Crippen molar-refractivity contribution in [2.75, 3.05) is 19.6 Å². The number of nitrogens with one attached hydrogen (secondary N) is 1. The van der Waals surface area contributed by atoms with Crippen molar-refractivity contribution in [2.45, 2.75) is 13.8 Å². The van der Waals surface area contributed by atoms with Gasteiger partial charge in [0.1, 0.15) is 0 Å². The van der Waals surface area contributed by atoms with Crippen LogP contribution in [0.25, 0.3) is 0 Å². The minimum absolute atomic E-state index is 0.247. The summed E-state index contributed by atoms with van der Waals surface area (Å²) >= 11 is 0. The second-order valence-electron chi connectivity index (χ2n) is 5.03. The Hall–Kier alpha value is -3.02. The van der Waals surface area contributed by atoms with Gasteiger partial charge in [-0.3, -0.25) is 10.2 Å². The number of carbonyl (C=O) groups is 1. The van der Waals surface area contributed by atoms with Crippen LogP contribution >= 0.6 is 0 Å². The summed E-state index contributed by atoms with van der Waals surface area (Å²) in [5, 5.41) is 4.22. The number of rotatable bonds is 6. The zero-order valence-electron chi connectivity index (χ0n) is 14.1. The number of hydrogen-bond donors (Lipinski definition) is 1. The number of aryl methyl sites for hydroxylation is 1. The first kappa shape index (κ1) is 17.3. The average molecular weight is 328 g/mol. The summed E-state index contributed by atoms with van der Waals surface area (Å²) < 4.78 is 15.7. The number of ether oxygens (including phenoxy) is 3. The number of benzene rings is 2. The molecular weight excluding hydrogens is 308 g/mol. The van der Waals surface area contributed by atoms with Gasteiger partial charge in [-0.2, -0.15) is 5.10 Å². The lowest BCUT2D eigenvalue weighted by atomic mass is 10.2. The Bertz CT molecular complexity index is 731. The monoisotopic (exact) mass is 328 g/mol. The molecule has 6 nitrogen and oxygen atoms in total. The van der Waals surface area contributed by atoms with E-state index in [1.165, 1.54) is 21.1 Å². The fourth-order valence-corrected chi connectivity index (χ4v) is 2.09. The number of anilines is 1. The minimum atomic E-state index is -0.450. The first-order chi connectivity index (χ1) is 11.5. The molecule has 1 N–H and O–H groups in total. The normalized spacial score (nSPS) is 10.5. The molecule has 0 amide bonds. The molecule has 2 aromatic carbocycles. The van der Waals surface area contributed by atoms with Crippen LogP contribution in [0.15, 0.2) is 41.5 Å². The number of nitrogens with zero attached hydrogens (tertiary/aromatic N) is 1. The van der Waals surface area contributed by atoms with Crippen LogP contribution in [0.4, 0.5) is 5.69 Å². The first-order valence-electron chi connectivity index (χ1n) is 7.34. The Morgan fingerprint density at radius 1 is 1.12 bits per heavy atom. The molecule has 0 unspecified atom stereocenters. The minimum Gasteiger partial charge on any atom is -0.493 e. The average Bonchev–Trinajstić information content (AvgIpc) is 2.57. The van der Waals surface area contributed by atoms with E-state index >= 15 is 0 Å². The highest BCUT2D eigenvalue weighted by Gasteiger charge is 2.15. The number of hydrazone groups is 1. The van der Waals surface area contributed by atoms with Crippen molar-refractivity contribution in [2.24, 2.45) is 5.10 Å². The van der Waals surface area contributed by atoms with Crippen molar-refractivity contribution in [3.05, 3.63) is 47.5 Å². The van der Waals surface area contributed by atoms with Crippen molar-refractivity contribution in [1.29, 1.82) is 0 Å². The van der Waals surface area contributed by atoms with E-state index in [4.69, 9.17) is 14.2 Å². The van der Waals surface area contributed by atoms with Crippen LogP contribution in [0, 0.1) is 6.92 Å². The fourth-order valence-electron chi connectivity index (χ4n) is 2.09. The van der Waals surface area contributed by atoms with Gasteiger partial charge in [0.15, 0.2) is 11.5 Å². The Balaban J connectivity index is 2.26. The van der Waals surface area contributed by atoms with Crippen LogP contribution in [-0.4, -0.2) is 26.4 Å². The van der Waals surface area contributed by atoms with E-state index in [1.807, 2.05) is 31.2 Å². The zero-order chi connectivity index (χ0) is 17.5. The lowest BCUT2D eigenvalue weighted by Gasteiger charge is -2.13. The maximum Gasteiger partial charge on any atom is 0.308 e. The Kier molecular flexibility index (Phi) is 5.78. The van der Waals surface area contributed by atoms with E-state index in [1.54, 1.807) is 18.3 Å². The number of esters is 1. The van der Waals surface area contributed by atoms with Gasteiger partial charge < -0.3 is 14.2 Å². The Morgan fingerprint density at radius 3 is 2.29 bits per heavy atom. The third kappa shape index (κ3) is 4.25. The van der Waals surface area contributed by atoms with Gasteiger partial charge in [-0.1, -0.05) is 18.2 Å². The molecule has 0 saturated carbocycles. The van der Waals surface area contributed by atoms with E-state index in [0.717, 1.165) is 16.8 Å². The molecule has 0 radical (unpaired) electrons. The molecule has 2 rings (SSSR count). The van der Waals surface area contributed by atoms with Crippen molar-refractivity contribution in [1.82, 2.24) is 0 Å². The number of methoxy groups -OCH3 is 2. The fraction of sp³-hybridized carbons (Fsp3) is 0.222. The van der Waals surface area contributed by atoms with E-state index in [2.05, 4.69) is 10.5 Å². The quantitative estimate of drug-likeness (QED) is 0.381. The molecule has 0 fully saturated rings. The second kappa shape index (κ2) is 8.01. The van der Waals surface area contributed by atoms with Crippen LogP contribution in [0.3, 0.4) is 0 Å². The third-order valence-corrected chi connectivity index (χ3v) is 3.27. The lowest BCUT2D eigenvalue weighted by molar-refractivity contribution is -0.132. The standard InChI is InChI=1S/C18H20N2O4/c1-12-7-5-6-8-15(12)20-19-11-14-9-16(22-3)18(24-13(2)21)17(10-14)23-4/h5-11,20H,1-4H3/b19-11-. The summed E-state index contributed by atoms with van der Waals surface area (Å²) in [5.74, 6) is 0.578. The maximum atomic E-state index is 11.2. The highest BCUT2D eigenvalue weighted by Crippen LogP contribution is 2.38. The summed E-state index contributed by atoms with van der Waals surface area (Å²) in [4.78, 5) is 11.2. The molecule has 126 valence electrons. The first-order valence-corrected chi connectivity index (χ1v) is 7.34. The summed E-state index contributed by atoms with van der Waals surface area (Å²) in [6.07, 6.45) is 1.63. The molecule has 0 heterocycles. The molecule has 0 aliphatic rings. The highest BCUT2D eigenvalue weighted by atomic mass is 16.6. The Morgan fingerprint density at radius 2 is 1.75 bits per heavy atom. The molecule has 0 spiro atoms. The largest absolute Gasteiger partial charge is 0.493 e. The van der Waals surface area contributed by atoms with Gasteiger partial charge in [-0.05, 0) is 30.7 Å². The lowest BCUT2D eigenvalue weighted by Crippen LogP contribution is -2.05. The number of para-hydroxylation sites is 1. The summed E-state index contributed by atoms with van der Waals surface area (Å²) in [5.41, 5.74) is 5.74. The van der Waals surface area contributed by atoms with Gasteiger partial charge in [0.25, 0.3) is 0 Å². The molecular formula is C18H20N2O4. The second-order valence-corrected chi connectivity index (χ2v) is 5.03. The molecule has 2 aromatic rings. The SMILES string of the molecule is COc1cc(/C=N\Nc2ccccc2C)cc(OC)c1OC(C)=O. The number of carbonyl (C=O) groups excluding carboxylic acids is 1. The van der Waals surface area contributed by atoms with Gasteiger partial charge >= 0.3 is 5.97 Å². The van der Waals surface area contributed by atoms with Crippen molar-refractivity contribution >= 4 is 17.9 Å². The van der Waals surface area contributed by atoms with E-state index < -0.39 is 5.97 Å². The Labute approximate surface area is 141 Å². The van der Waals surface area contributed by atoms with Crippen LogP contribution in [-0.2, 0) is 4.79 Å². The zero-order valence-corrected chi connectivity index (χ0v) is 14.1. The maximum absolute atomic E-state index is 11.2. The van der Waals surface area contributed by atoms with Crippen molar-refractivity contribution in [3.63, 3.8) is 0 Å². The van der Waals surface area contributed by atoms with Gasteiger partial charge in [0.05, 0.1) is 26.1 Å². The van der Waals surface area contributed by atoms with Gasteiger partial charge in [-0.25, -0.2) is 0 Å². The summed E-state index contributed by atoms with van der Waals surface area (Å²) in [6.45, 7) is 3.32. The number of hydrogen-bond acceptors (Lipinski definition) is 6. The topological polar surface area (TPSA) is 69.2 Å². The van der Waals surface area contributed by atoms with E-state index in [9.17, 15) is 4.79 Å². The van der Waals surface area contributed by atoms with Crippen LogP contribution in [0.5, 0.6) is 17.2 Å². The van der Waals surface area contributed by atoms with Crippen molar-refractivity contribution < 1.29 is 19.0 Å². The van der Waals surface area contributed by atoms with Crippen LogP contribution in [0.1, 0.15) is 18.1 Å². The van der Waals surface area contributed by atoms with Gasteiger partial charge in [-0.15, -0.1) is 0 Å². The van der Waals surface area contributed by atoms with Crippen LogP contribution < -0.4 is 19.6 Å². The van der Waals surface area contributed by atoms with E-state index in [0.29, 0.717) is 11.5 Å². The molecule has 0 aliphatic heterocycles. The molecule has 6 heteroatoms. The van der Waals surface area contributed by atoms with Crippen molar-refractivity contribution in [3.8, 4) is 17.2 Å². The van der Waals surface area contributed by atoms with Crippen LogP contribution in [0.2, 0.25) is 0 Å². The smallest absolute Gasteiger partial charge is 0.308 e. The van der Waals surface area contributed by atoms with E-state index in [-0.39, 0.29) is 5.75 Å².